The van der Waals surface area contributed by atoms with E-state index in [4.69, 9.17) is 4.74 Å². The van der Waals surface area contributed by atoms with Crippen molar-refractivity contribution in [1.29, 1.82) is 0 Å². The zero-order chi connectivity index (χ0) is 13.1. The van der Waals surface area contributed by atoms with Crippen molar-refractivity contribution in [2.24, 2.45) is 0 Å². The van der Waals surface area contributed by atoms with Crippen molar-refractivity contribution < 1.29 is 14.9 Å². The standard InChI is InChI=1S/C15H16O3/c1-10-8-12(6-7-13(10)16)9-18-15-5-3-4-14(17)11(15)2/h3-8,16-17H,9H2,1-2H3. The monoisotopic (exact) mass is 244 g/mol. The maximum Gasteiger partial charge on any atom is 0.126 e. The quantitative estimate of drug-likeness (QED) is 0.871. The van der Waals surface area contributed by atoms with Gasteiger partial charge in [0.1, 0.15) is 23.9 Å². The molecule has 0 saturated carbocycles. The molecule has 0 aliphatic heterocycles. The van der Waals surface area contributed by atoms with Crippen LogP contribution in [0.4, 0.5) is 0 Å². The van der Waals surface area contributed by atoms with E-state index in [1.54, 1.807) is 18.2 Å². The number of phenolic OH excluding ortho intramolecular Hbond substituents is 2. The van der Waals surface area contributed by atoms with Gasteiger partial charge < -0.3 is 14.9 Å². The average molecular weight is 244 g/mol. The molecule has 0 amide bonds. The van der Waals surface area contributed by atoms with Gasteiger partial charge in [-0.3, -0.25) is 0 Å². The Morgan fingerprint density at radius 1 is 1.00 bits per heavy atom. The van der Waals surface area contributed by atoms with E-state index >= 15 is 0 Å². The highest BCUT2D eigenvalue weighted by Gasteiger charge is 2.04. The van der Waals surface area contributed by atoms with Crippen LogP contribution in [-0.2, 0) is 6.61 Å². The molecule has 0 saturated heterocycles. The first-order valence-electron chi connectivity index (χ1n) is 5.78. The molecule has 0 bridgehead atoms. The van der Waals surface area contributed by atoms with Crippen LogP contribution in [0.15, 0.2) is 36.4 Å². The maximum atomic E-state index is 9.56. The van der Waals surface area contributed by atoms with Gasteiger partial charge in [-0.25, -0.2) is 0 Å². The Morgan fingerprint density at radius 3 is 2.50 bits per heavy atom. The van der Waals surface area contributed by atoms with E-state index in [0.29, 0.717) is 12.4 Å². The lowest BCUT2D eigenvalue weighted by Crippen LogP contribution is -1.97. The Labute approximate surface area is 106 Å². The first-order valence-corrected chi connectivity index (χ1v) is 5.78. The average Bonchev–Trinajstić information content (AvgIpc) is 2.35. The Bertz CT molecular complexity index is 562. The van der Waals surface area contributed by atoms with Gasteiger partial charge in [-0.2, -0.15) is 0 Å². The van der Waals surface area contributed by atoms with Crippen LogP contribution in [0.2, 0.25) is 0 Å². The molecular weight excluding hydrogens is 228 g/mol. The van der Waals surface area contributed by atoms with Gasteiger partial charge in [-0.15, -0.1) is 0 Å². The lowest BCUT2D eigenvalue weighted by atomic mass is 10.1. The lowest BCUT2D eigenvalue weighted by Gasteiger charge is -2.10. The third-order valence-corrected chi connectivity index (χ3v) is 2.91. The summed E-state index contributed by atoms with van der Waals surface area (Å²) in [6, 6.07) is 10.6. The van der Waals surface area contributed by atoms with E-state index in [2.05, 4.69) is 0 Å². The van der Waals surface area contributed by atoms with E-state index < -0.39 is 0 Å². The second-order valence-electron chi connectivity index (χ2n) is 4.31. The number of phenols is 2. The third kappa shape index (κ3) is 2.56. The van der Waals surface area contributed by atoms with Crippen molar-refractivity contribution in [3.05, 3.63) is 53.1 Å². The van der Waals surface area contributed by atoms with Crippen LogP contribution in [-0.4, -0.2) is 10.2 Å². The number of hydrogen-bond donors (Lipinski definition) is 2. The summed E-state index contributed by atoms with van der Waals surface area (Å²) in [5, 5.41) is 19.0. The number of aromatic hydroxyl groups is 2. The normalized spacial score (nSPS) is 10.3. The molecule has 0 fully saturated rings. The van der Waals surface area contributed by atoms with Crippen LogP contribution in [0.3, 0.4) is 0 Å². The van der Waals surface area contributed by atoms with Crippen LogP contribution in [0, 0.1) is 13.8 Å². The lowest BCUT2D eigenvalue weighted by molar-refractivity contribution is 0.301. The summed E-state index contributed by atoms with van der Waals surface area (Å²) in [6.07, 6.45) is 0. The Kier molecular flexibility index (Phi) is 3.42. The molecule has 0 aromatic heterocycles. The number of ether oxygens (including phenoxy) is 1. The van der Waals surface area contributed by atoms with Crippen molar-refractivity contribution >= 4 is 0 Å². The summed E-state index contributed by atoms with van der Waals surface area (Å²) in [7, 11) is 0. The molecule has 18 heavy (non-hydrogen) atoms. The molecule has 2 rings (SSSR count). The SMILES string of the molecule is Cc1cc(COc2cccc(O)c2C)ccc1O. The van der Waals surface area contributed by atoms with Gasteiger partial charge in [0, 0.05) is 5.56 Å². The van der Waals surface area contributed by atoms with Crippen LogP contribution in [0.1, 0.15) is 16.7 Å². The fraction of sp³-hybridized carbons (Fsp3) is 0.200. The molecule has 3 nitrogen and oxygen atoms in total. The van der Waals surface area contributed by atoms with E-state index in [1.807, 2.05) is 32.0 Å². The largest absolute Gasteiger partial charge is 0.508 e. The predicted molar refractivity (Wildman–Crippen MR) is 70.0 cm³/mol. The molecule has 0 aliphatic carbocycles. The van der Waals surface area contributed by atoms with E-state index in [0.717, 1.165) is 16.7 Å². The summed E-state index contributed by atoms with van der Waals surface area (Å²) < 4.78 is 5.66. The highest BCUT2D eigenvalue weighted by molar-refractivity contribution is 5.43. The summed E-state index contributed by atoms with van der Waals surface area (Å²) in [5.74, 6) is 1.18. The Balaban J connectivity index is 2.11. The zero-order valence-corrected chi connectivity index (χ0v) is 10.5. The second kappa shape index (κ2) is 5.00. The molecule has 0 spiro atoms. The van der Waals surface area contributed by atoms with Gasteiger partial charge in [0.25, 0.3) is 0 Å². The Hall–Kier alpha value is -2.16. The van der Waals surface area contributed by atoms with Crippen molar-refractivity contribution in [1.82, 2.24) is 0 Å². The van der Waals surface area contributed by atoms with E-state index in [9.17, 15) is 10.2 Å². The number of rotatable bonds is 3. The van der Waals surface area contributed by atoms with Gasteiger partial charge in [-0.1, -0.05) is 12.1 Å². The molecule has 0 aliphatic rings. The smallest absolute Gasteiger partial charge is 0.126 e. The predicted octanol–water partition coefficient (Wildman–Crippen LogP) is 3.29. The van der Waals surface area contributed by atoms with Crippen molar-refractivity contribution in [3.8, 4) is 17.2 Å². The molecule has 2 aromatic carbocycles. The molecule has 94 valence electrons. The van der Waals surface area contributed by atoms with Gasteiger partial charge >= 0.3 is 0 Å². The van der Waals surface area contributed by atoms with Crippen LogP contribution in [0.5, 0.6) is 17.2 Å². The highest BCUT2D eigenvalue weighted by Crippen LogP contribution is 2.27. The van der Waals surface area contributed by atoms with Crippen LogP contribution < -0.4 is 4.74 Å². The maximum absolute atomic E-state index is 9.56. The minimum atomic E-state index is 0.231. The summed E-state index contributed by atoms with van der Waals surface area (Å²) in [5.41, 5.74) is 2.53. The molecule has 3 heteroatoms. The summed E-state index contributed by atoms with van der Waals surface area (Å²) in [4.78, 5) is 0. The second-order valence-corrected chi connectivity index (χ2v) is 4.31. The van der Waals surface area contributed by atoms with Crippen LogP contribution in [0.25, 0.3) is 0 Å². The molecule has 0 radical (unpaired) electrons. The first kappa shape index (κ1) is 12.3. The third-order valence-electron chi connectivity index (χ3n) is 2.91. The van der Waals surface area contributed by atoms with E-state index in [1.165, 1.54) is 0 Å². The minimum absolute atomic E-state index is 0.231. The fourth-order valence-corrected chi connectivity index (χ4v) is 1.73. The fourth-order valence-electron chi connectivity index (χ4n) is 1.73. The minimum Gasteiger partial charge on any atom is -0.508 e. The molecule has 2 N–H and O–H groups in total. The number of aryl methyl sites for hydroxylation is 1. The summed E-state index contributed by atoms with van der Waals surface area (Å²) >= 11 is 0. The number of benzene rings is 2. The molecule has 0 atom stereocenters. The molecule has 0 unspecified atom stereocenters. The van der Waals surface area contributed by atoms with Crippen molar-refractivity contribution in [2.75, 3.05) is 0 Å². The van der Waals surface area contributed by atoms with Gasteiger partial charge in [0.05, 0.1) is 0 Å². The molecule has 2 aromatic rings. The number of hydrogen-bond acceptors (Lipinski definition) is 3. The topological polar surface area (TPSA) is 49.7 Å². The van der Waals surface area contributed by atoms with Crippen LogP contribution >= 0.6 is 0 Å². The van der Waals surface area contributed by atoms with Crippen molar-refractivity contribution in [3.63, 3.8) is 0 Å². The zero-order valence-electron chi connectivity index (χ0n) is 10.5. The van der Waals surface area contributed by atoms with Gasteiger partial charge in [-0.05, 0) is 49.2 Å². The van der Waals surface area contributed by atoms with Gasteiger partial charge in [0.15, 0.2) is 0 Å². The van der Waals surface area contributed by atoms with Crippen molar-refractivity contribution in [2.45, 2.75) is 20.5 Å². The molecule has 0 heterocycles. The van der Waals surface area contributed by atoms with E-state index in [-0.39, 0.29) is 11.5 Å². The highest BCUT2D eigenvalue weighted by atomic mass is 16.5. The van der Waals surface area contributed by atoms with Gasteiger partial charge in [0.2, 0.25) is 0 Å². The first-order chi connectivity index (χ1) is 8.58. The molecular formula is C15H16O3. The summed E-state index contributed by atoms with van der Waals surface area (Å²) in [6.45, 7) is 4.07. The Morgan fingerprint density at radius 2 is 1.78 bits per heavy atom.